The maximum atomic E-state index is 14.4. The van der Waals surface area contributed by atoms with Crippen LogP contribution in [0.1, 0.15) is 61.4 Å². The fourth-order valence-electron chi connectivity index (χ4n) is 5.98. The van der Waals surface area contributed by atoms with Crippen LogP contribution in [0.25, 0.3) is 6.08 Å². The first-order chi connectivity index (χ1) is 18.4. The van der Waals surface area contributed by atoms with Crippen molar-refractivity contribution < 1.29 is 27.8 Å². The Balaban J connectivity index is 1.76. The van der Waals surface area contributed by atoms with Crippen LogP contribution in [0.15, 0.2) is 35.9 Å². The molecule has 38 heavy (non-hydrogen) atoms. The quantitative estimate of drug-likeness (QED) is 0.419. The monoisotopic (exact) mass is 528 g/mol. The van der Waals surface area contributed by atoms with Gasteiger partial charge in [0.2, 0.25) is 5.75 Å². The van der Waals surface area contributed by atoms with Gasteiger partial charge in [-0.15, -0.1) is 0 Å². The first-order valence-corrected chi connectivity index (χ1v) is 13.3. The third-order valence-corrected chi connectivity index (χ3v) is 7.71. The number of methoxy groups -OCH3 is 3. The fraction of sp³-hybridized carbons (Fsp3) is 0.500. The summed E-state index contributed by atoms with van der Waals surface area (Å²) in [6.45, 7) is 3.12. The number of ether oxygens (including phenoxy) is 3. The topological polar surface area (TPSA) is 60.0 Å². The molecule has 2 fully saturated rings. The molecule has 0 bridgehead atoms. The van der Waals surface area contributed by atoms with E-state index in [4.69, 9.17) is 14.2 Å². The molecule has 6 nitrogen and oxygen atoms in total. The fourth-order valence-corrected chi connectivity index (χ4v) is 5.98. The number of carbonyl (C=O) groups is 1. The van der Waals surface area contributed by atoms with Crippen molar-refractivity contribution in [1.29, 1.82) is 0 Å². The first kappa shape index (κ1) is 27.9. The third-order valence-electron chi connectivity index (χ3n) is 7.71. The predicted octanol–water partition coefficient (Wildman–Crippen LogP) is 5.85. The molecule has 1 saturated carbocycles. The van der Waals surface area contributed by atoms with Crippen LogP contribution in [0.4, 0.5) is 8.78 Å². The molecule has 2 aromatic rings. The van der Waals surface area contributed by atoms with E-state index < -0.39 is 11.6 Å². The van der Waals surface area contributed by atoms with Crippen molar-refractivity contribution in [3.63, 3.8) is 0 Å². The van der Waals surface area contributed by atoms with E-state index in [-0.39, 0.29) is 18.0 Å². The molecule has 0 aromatic heterocycles. The highest BCUT2D eigenvalue weighted by Crippen LogP contribution is 2.40. The summed E-state index contributed by atoms with van der Waals surface area (Å²) in [4.78, 5) is 16.3. The lowest BCUT2D eigenvalue weighted by atomic mass is 9.88. The van der Waals surface area contributed by atoms with E-state index >= 15 is 0 Å². The Morgan fingerprint density at radius 3 is 2.26 bits per heavy atom. The van der Waals surface area contributed by atoms with Gasteiger partial charge in [-0.25, -0.2) is 8.78 Å². The maximum absolute atomic E-state index is 14.4. The van der Waals surface area contributed by atoms with Crippen molar-refractivity contribution in [3.05, 3.63) is 58.7 Å². The second-order valence-corrected chi connectivity index (χ2v) is 10.2. The van der Waals surface area contributed by atoms with E-state index in [0.29, 0.717) is 40.8 Å². The Morgan fingerprint density at radius 2 is 1.71 bits per heavy atom. The highest BCUT2D eigenvalue weighted by Gasteiger charge is 2.39. The molecule has 2 unspecified atom stereocenters. The molecule has 2 aliphatic rings. The van der Waals surface area contributed by atoms with Crippen LogP contribution in [0.2, 0.25) is 0 Å². The number of hydrogen-bond donors (Lipinski definition) is 1. The van der Waals surface area contributed by atoms with E-state index in [0.717, 1.165) is 56.7 Å². The van der Waals surface area contributed by atoms with E-state index in [1.54, 1.807) is 18.2 Å². The van der Waals surface area contributed by atoms with Gasteiger partial charge < -0.3 is 24.4 Å². The number of nitrogens with zero attached hydrogens (tertiary/aromatic N) is 1. The van der Waals surface area contributed by atoms with Gasteiger partial charge in [0, 0.05) is 29.8 Å². The van der Waals surface area contributed by atoms with Crippen molar-refractivity contribution in [3.8, 4) is 17.2 Å². The van der Waals surface area contributed by atoms with Gasteiger partial charge in [0.15, 0.2) is 11.5 Å². The Hall–Kier alpha value is -3.13. The normalized spacial score (nSPS) is 18.9. The number of nitrogens with one attached hydrogen (secondary N) is 1. The number of amides is 1. The zero-order valence-electron chi connectivity index (χ0n) is 22.7. The van der Waals surface area contributed by atoms with E-state index in [2.05, 4.69) is 5.32 Å². The van der Waals surface area contributed by atoms with Crippen molar-refractivity contribution >= 4 is 12.0 Å². The number of hydrogen-bond acceptors (Lipinski definition) is 5. The van der Waals surface area contributed by atoms with Crippen LogP contribution >= 0.6 is 0 Å². The lowest BCUT2D eigenvalue weighted by Crippen LogP contribution is -2.54. The van der Waals surface area contributed by atoms with Gasteiger partial charge in [-0.2, -0.15) is 0 Å². The smallest absolute Gasteiger partial charge is 0.254 e. The summed E-state index contributed by atoms with van der Waals surface area (Å²) < 4.78 is 44.4. The van der Waals surface area contributed by atoms with Crippen LogP contribution in [-0.2, 0) is 0 Å². The van der Waals surface area contributed by atoms with Crippen LogP contribution < -0.4 is 19.5 Å². The van der Waals surface area contributed by atoms with Crippen molar-refractivity contribution in [1.82, 2.24) is 10.2 Å². The van der Waals surface area contributed by atoms with Crippen molar-refractivity contribution in [2.24, 2.45) is 5.92 Å². The molecule has 0 spiro atoms. The van der Waals surface area contributed by atoms with Crippen LogP contribution in [0, 0.1) is 17.6 Å². The van der Waals surface area contributed by atoms with Crippen LogP contribution in [0.3, 0.4) is 0 Å². The molecule has 8 heteroatoms. The van der Waals surface area contributed by atoms with Gasteiger partial charge in [-0.3, -0.25) is 4.79 Å². The molecule has 4 rings (SSSR count). The molecular weight excluding hydrogens is 490 g/mol. The molecule has 0 radical (unpaired) electrons. The molecular formula is C30H38F2N2O4. The van der Waals surface area contributed by atoms with Gasteiger partial charge >= 0.3 is 0 Å². The molecule has 1 N–H and O–H groups in total. The first-order valence-electron chi connectivity index (χ1n) is 13.3. The van der Waals surface area contributed by atoms with Gasteiger partial charge in [0.05, 0.1) is 27.4 Å². The summed E-state index contributed by atoms with van der Waals surface area (Å²) in [5.41, 5.74) is 1.53. The number of benzene rings is 2. The van der Waals surface area contributed by atoms with Crippen molar-refractivity contribution in [2.75, 3.05) is 34.4 Å². The second kappa shape index (κ2) is 12.6. The summed E-state index contributed by atoms with van der Waals surface area (Å²) in [7, 11) is 4.58. The largest absolute Gasteiger partial charge is 0.493 e. The summed E-state index contributed by atoms with van der Waals surface area (Å²) >= 11 is 0. The second-order valence-electron chi connectivity index (χ2n) is 10.2. The minimum atomic E-state index is -0.628. The average molecular weight is 529 g/mol. The molecule has 1 saturated heterocycles. The molecule has 1 amide bonds. The van der Waals surface area contributed by atoms with Crippen LogP contribution in [-0.4, -0.2) is 57.3 Å². The lowest BCUT2D eigenvalue weighted by Gasteiger charge is -2.40. The molecule has 1 aliphatic heterocycles. The van der Waals surface area contributed by atoms with E-state index in [1.165, 1.54) is 33.5 Å². The highest BCUT2D eigenvalue weighted by atomic mass is 19.1. The maximum Gasteiger partial charge on any atom is 0.254 e. The minimum absolute atomic E-state index is 0.0204. The summed E-state index contributed by atoms with van der Waals surface area (Å²) in [5.74, 6) is 0.209. The summed E-state index contributed by atoms with van der Waals surface area (Å²) in [6.07, 6.45) is 8.18. The predicted molar refractivity (Wildman–Crippen MR) is 144 cm³/mol. The Bertz CT molecular complexity index is 1120. The Labute approximate surface area is 223 Å². The molecule has 1 aliphatic carbocycles. The van der Waals surface area contributed by atoms with Gasteiger partial charge in [-0.05, 0) is 69.3 Å². The summed E-state index contributed by atoms with van der Waals surface area (Å²) in [6, 6.07) is 7.07. The van der Waals surface area contributed by atoms with Gasteiger partial charge in [-0.1, -0.05) is 24.5 Å². The average Bonchev–Trinajstić information content (AvgIpc) is 3.64. The lowest BCUT2D eigenvalue weighted by molar-refractivity contribution is 0.0576. The molecule has 2 atom stereocenters. The summed E-state index contributed by atoms with van der Waals surface area (Å²) in [5, 5.41) is 3.64. The molecule has 1 heterocycles. The van der Waals surface area contributed by atoms with Crippen LogP contribution in [0.5, 0.6) is 17.2 Å². The Kier molecular flexibility index (Phi) is 9.26. The third kappa shape index (κ3) is 6.12. The van der Waals surface area contributed by atoms with Gasteiger partial charge in [0.25, 0.3) is 5.91 Å². The Morgan fingerprint density at radius 1 is 1.03 bits per heavy atom. The molecule has 206 valence electrons. The van der Waals surface area contributed by atoms with E-state index in [1.807, 2.05) is 11.8 Å². The zero-order valence-corrected chi connectivity index (χ0v) is 22.7. The number of carbonyl (C=O) groups excluding carboxylic acids is 1. The minimum Gasteiger partial charge on any atom is -0.493 e. The zero-order chi connectivity index (χ0) is 27.2. The standard InChI is InChI=1S/C30H38F2N2O4/c1-19(14-21-11-12-23(31)17-24(21)32)18-34(28(20-8-5-6-9-20)25-10-7-13-33-25)30(35)22-15-26(36-2)29(38-4)27(16-22)37-3/h11-12,14-17,20,25,28,33H,5-10,13,18H2,1-4H3. The highest BCUT2D eigenvalue weighted by molar-refractivity contribution is 5.96. The number of halogens is 2. The SMILES string of the molecule is COc1cc(C(=O)N(CC(C)=Cc2ccc(F)cc2F)C(C2CCCC2)C2CCCN2)cc(OC)c1OC. The van der Waals surface area contributed by atoms with Crippen molar-refractivity contribution in [2.45, 2.75) is 57.5 Å². The van der Waals surface area contributed by atoms with E-state index in [9.17, 15) is 13.6 Å². The number of rotatable bonds is 10. The molecule has 2 aromatic carbocycles. The van der Waals surface area contributed by atoms with Gasteiger partial charge in [0.1, 0.15) is 11.6 Å².